The highest BCUT2D eigenvalue weighted by Gasteiger charge is 2.18. The van der Waals surface area contributed by atoms with E-state index in [9.17, 15) is 4.79 Å². The van der Waals surface area contributed by atoms with E-state index in [1.54, 1.807) is 18.8 Å². The molecule has 1 amide bonds. The molecule has 0 N–H and O–H groups in total. The van der Waals surface area contributed by atoms with Crippen LogP contribution in [-0.2, 0) is 7.05 Å². The Morgan fingerprint density at radius 3 is 2.38 bits per heavy atom. The van der Waals surface area contributed by atoms with Crippen LogP contribution in [0.1, 0.15) is 16.2 Å². The summed E-state index contributed by atoms with van der Waals surface area (Å²) in [6.45, 7) is 1.91. The second kappa shape index (κ2) is 3.49. The molecule has 1 heterocycles. The number of carbonyl (C=O) groups excluding carboxylic acids is 1. The monoisotopic (exact) mass is 245 g/mol. The van der Waals surface area contributed by atoms with Crippen LogP contribution in [0.25, 0.3) is 0 Å². The van der Waals surface area contributed by atoms with E-state index in [1.807, 2.05) is 14.0 Å². The van der Waals surface area contributed by atoms with Gasteiger partial charge in [0.05, 0.1) is 10.2 Å². The van der Waals surface area contributed by atoms with E-state index < -0.39 is 0 Å². The van der Waals surface area contributed by atoms with Crippen molar-refractivity contribution in [3.63, 3.8) is 0 Å². The number of hydrogen-bond acceptors (Lipinski definition) is 2. The van der Waals surface area contributed by atoms with Gasteiger partial charge in [-0.05, 0) is 22.9 Å². The van der Waals surface area contributed by atoms with E-state index in [2.05, 4.69) is 21.0 Å². The molecule has 0 bridgehead atoms. The SMILES string of the molecule is Cc1c(Br)c(C(=O)N(C)C)nn1C. The molecule has 0 aliphatic carbocycles. The summed E-state index contributed by atoms with van der Waals surface area (Å²) in [5.41, 5.74) is 1.41. The van der Waals surface area contributed by atoms with Gasteiger partial charge in [0.1, 0.15) is 0 Å². The predicted octanol–water partition coefficient (Wildman–Crippen LogP) is 1.19. The Morgan fingerprint density at radius 2 is 2.08 bits per heavy atom. The Labute approximate surface area is 85.7 Å². The average Bonchev–Trinajstić information content (AvgIpc) is 2.31. The minimum Gasteiger partial charge on any atom is -0.343 e. The molecule has 0 aromatic carbocycles. The number of hydrogen-bond donors (Lipinski definition) is 0. The molecule has 0 aliphatic rings. The third kappa shape index (κ3) is 1.75. The number of nitrogens with zero attached hydrogens (tertiary/aromatic N) is 3. The summed E-state index contributed by atoms with van der Waals surface area (Å²) >= 11 is 3.34. The fourth-order valence-electron chi connectivity index (χ4n) is 0.931. The first-order valence-electron chi connectivity index (χ1n) is 3.86. The van der Waals surface area contributed by atoms with Gasteiger partial charge in [-0.15, -0.1) is 0 Å². The third-order valence-electron chi connectivity index (χ3n) is 1.87. The van der Waals surface area contributed by atoms with Gasteiger partial charge < -0.3 is 4.90 Å². The second-order valence-corrected chi connectivity index (χ2v) is 3.86. The van der Waals surface area contributed by atoms with E-state index in [0.29, 0.717) is 5.69 Å². The lowest BCUT2D eigenvalue weighted by Gasteiger charge is -2.07. The van der Waals surface area contributed by atoms with Crippen molar-refractivity contribution in [2.75, 3.05) is 14.1 Å². The van der Waals surface area contributed by atoms with Gasteiger partial charge in [0.25, 0.3) is 5.91 Å². The summed E-state index contributed by atoms with van der Waals surface area (Å²) in [5.74, 6) is -0.0874. The Kier molecular flexibility index (Phi) is 2.75. The Bertz CT molecular complexity index is 343. The Hall–Kier alpha value is -0.840. The topological polar surface area (TPSA) is 38.1 Å². The molecule has 1 rings (SSSR count). The van der Waals surface area contributed by atoms with Gasteiger partial charge >= 0.3 is 0 Å². The quantitative estimate of drug-likeness (QED) is 0.746. The summed E-state index contributed by atoms with van der Waals surface area (Å²) in [6.07, 6.45) is 0. The second-order valence-electron chi connectivity index (χ2n) is 3.07. The molecule has 1 aromatic heterocycles. The standard InChI is InChI=1S/C8H12BrN3O/c1-5-6(9)7(10-12(5)4)8(13)11(2)3/h1-4H3. The number of carbonyl (C=O) groups is 1. The first kappa shape index (κ1) is 10.2. The van der Waals surface area contributed by atoms with Crippen molar-refractivity contribution < 1.29 is 4.79 Å². The molecule has 13 heavy (non-hydrogen) atoms. The van der Waals surface area contributed by atoms with E-state index in [1.165, 1.54) is 4.90 Å². The highest BCUT2D eigenvalue weighted by Crippen LogP contribution is 2.20. The van der Waals surface area contributed by atoms with Crippen LogP contribution >= 0.6 is 15.9 Å². The van der Waals surface area contributed by atoms with Crippen LogP contribution in [0.3, 0.4) is 0 Å². The Morgan fingerprint density at radius 1 is 1.54 bits per heavy atom. The maximum absolute atomic E-state index is 11.6. The molecular formula is C8H12BrN3O. The zero-order chi connectivity index (χ0) is 10.2. The lowest BCUT2D eigenvalue weighted by atomic mass is 10.3. The summed E-state index contributed by atoms with van der Waals surface area (Å²) in [6, 6.07) is 0. The van der Waals surface area contributed by atoms with Gasteiger partial charge in [-0.1, -0.05) is 0 Å². The van der Waals surface area contributed by atoms with Crippen LogP contribution in [0.5, 0.6) is 0 Å². The molecule has 0 saturated carbocycles. The van der Waals surface area contributed by atoms with Gasteiger partial charge in [0.15, 0.2) is 5.69 Å². The van der Waals surface area contributed by atoms with Gasteiger partial charge in [0, 0.05) is 21.1 Å². The van der Waals surface area contributed by atoms with Crippen molar-refractivity contribution >= 4 is 21.8 Å². The molecule has 0 aliphatic heterocycles. The molecule has 0 saturated heterocycles. The molecule has 1 aromatic rings. The maximum Gasteiger partial charge on any atom is 0.275 e. The van der Waals surface area contributed by atoms with E-state index in [0.717, 1.165) is 10.2 Å². The van der Waals surface area contributed by atoms with Crippen LogP contribution in [-0.4, -0.2) is 34.7 Å². The minimum absolute atomic E-state index is 0.0874. The lowest BCUT2D eigenvalue weighted by molar-refractivity contribution is 0.0820. The minimum atomic E-state index is -0.0874. The summed E-state index contributed by atoms with van der Waals surface area (Å²) < 4.78 is 2.45. The van der Waals surface area contributed by atoms with Crippen LogP contribution < -0.4 is 0 Å². The normalized spacial score (nSPS) is 10.2. The lowest BCUT2D eigenvalue weighted by Crippen LogP contribution is -2.22. The highest BCUT2D eigenvalue weighted by molar-refractivity contribution is 9.10. The molecule has 0 radical (unpaired) electrons. The van der Waals surface area contributed by atoms with Crippen LogP contribution in [0.15, 0.2) is 4.47 Å². The van der Waals surface area contributed by atoms with Crippen molar-refractivity contribution in [2.45, 2.75) is 6.92 Å². The van der Waals surface area contributed by atoms with E-state index >= 15 is 0 Å². The number of rotatable bonds is 1. The number of halogens is 1. The molecule has 5 heteroatoms. The fraction of sp³-hybridized carbons (Fsp3) is 0.500. The Balaban J connectivity index is 3.16. The van der Waals surface area contributed by atoms with Crippen LogP contribution in [0, 0.1) is 6.92 Å². The summed E-state index contributed by atoms with van der Waals surface area (Å²) in [5, 5.41) is 4.11. The van der Waals surface area contributed by atoms with Gasteiger partial charge in [-0.25, -0.2) is 0 Å². The van der Waals surface area contributed by atoms with E-state index in [-0.39, 0.29) is 5.91 Å². The van der Waals surface area contributed by atoms with Gasteiger partial charge in [-0.2, -0.15) is 5.10 Å². The molecular weight excluding hydrogens is 234 g/mol. The molecule has 0 spiro atoms. The largest absolute Gasteiger partial charge is 0.343 e. The molecule has 72 valence electrons. The van der Waals surface area contributed by atoms with Crippen molar-refractivity contribution in [3.05, 3.63) is 15.9 Å². The van der Waals surface area contributed by atoms with Crippen molar-refractivity contribution in [1.82, 2.24) is 14.7 Å². The average molecular weight is 246 g/mol. The van der Waals surface area contributed by atoms with Crippen molar-refractivity contribution in [2.24, 2.45) is 7.05 Å². The zero-order valence-electron chi connectivity index (χ0n) is 8.13. The van der Waals surface area contributed by atoms with Gasteiger partial charge in [-0.3, -0.25) is 9.48 Å². The highest BCUT2D eigenvalue weighted by atomic mass is 79.9. The van der Waals surface area contributed by atoms with Crippen LogP contribution in [0.4, 0.5) is 0 Å². The maximum atomic E-state index is 11.6. The van der Waals surface area contributed by atoms with Gasteiger partial charge in [0.2, 0.25) is 0 Å². The smallest absolute Gasteiger partial charge is 0.275 e. The first-order chi connectivity index (χ1) is 5.95. The number of aromatic nitrogens is 2. The molecule has 0 fully saturated rings. The molecule has 0 unspecified atom stereocenters. The fourth-order valence-corrected chi connectivity index (χ4v) is 1.44. The van der Waals surface area contributed by atoms with Crippen LogP contribution in [0.2, 0.25) is 0 Å². The zero-order valence-corrected chi connectivity index (χ0v) is 9.71. The summed E-state index contributed by atoms with van der Waals surface area (Å²) in [4.78, 5) is 13.1. The summed E-state index contributed by atoms with van der Waals surface area (Å²) in [7, 11) is 5.23. The number of aryl methyl sites for hydroxylation is 1. The van der Waals surface area contributed by atoms with Crippen molar-refractivity contribution in [3.8, 4) is 0 Å². The predicted molar refractivity (Wildman–Crippen MR) is 53.7 cm³/mol. The van der Waals surface area contributed by atoms with E-state index in [4.69, 9.17) is 0 Å². The molecule has 4 nitrogen and oxygen atoms in total. The first-order valence-corrected chi connectivity index (χ1v) is 4.65. The third-order valence-corrected chi connectivity index (χ3v) is 2.82. The molecule has 0 atom stereocenters. The van der Waals surface area contributed by atoms with Crippen molar-refractivity contribution in [1.29, 1.82) is 0 Å². The number of amides is 1.